The summed E-state index contributed by atoms with van der Waals surface area (Å²) in [5, 5.41) is 14.6. The van der Waals surface area contributed by atoms with Crippen LogP contribution in [0.25, 0.3) is 0 Å². The zero-order valence-electron chi connectivity index (χ0n) is 11.0. The Morgan fingerprint density at radius 2 is 1.94 bits per heavy atom. The summed E-state index contributed by atoms with van der Waals surface area (Å²) in [5.41, 5.74) is 0. The number of hydrogen-bond donors (Lipinski definition) is 3. The van der Waals surface area contributed by atoms with Crippen LogP contribution in [0.2, 0.25) is 0 Å². The number of amides is 1. The maximum absolute atomic E-state index is 11.5. The van der Waals surface area contributed by atoms with Gasteiger partial charge in [0.25, 0.3) is 0 Å². The summed E-state index contributed by atoms with van der Waals surface area (Å²) in [5.74, 6) is -1.14. The Morgan fingerprint density at radius 1 is 1.29 bits per heavy atom. The fourth-order valence-corrected chi connectivity index (χ4v) is 1.45. The molecule has 0 aliphatic carbocycles. The molecule has 1 amide bonds. The molecule has 0 fully saturated rings. The van der Waals surface area contributed by atoms with Gasteiger partial charge in [-0.2, -0.15) is 0 Å². The molecule has 0 saturated heterocycles. The molecule has 5 heteroatoms. The normalized spacial score (nSPS) is 12.5. The third kappa shape index (κ3) is 8.68. The topological polar surface area (TPSA) is 78.4 Å². The van der Waals surface area contributed by atoms with Crippen LogP contribution in [0.4, 0.5) is 0 Å². The molecular formula is C12H24N2O3. The Balaban J connectivity index is 3.78. The average molecular weight is 244 g/mol. The van der Waals surface area contributed by atoms with Crippen LogP contribution in [0.3, 0.4) is 0 Å². The minimum atomic E-state index is -0.958. The maximum atomic E-state index is 11.5. The minimum Gasteiger partial charge on any atom is -0.480 e. The Kier molecular flexibility index (Phi) is 8.40. The van der Waals surface area contributed by atoms with E-state index in [9.17, 15) is 9.59 Å². The van der Waals surface area contributed by atoms with Gasteiger partial charge in [0.05, 0.1) is 0 Å². The number of carbonyl (C=O) groups excluding carboxylic acids is 1. The Bertz CT molecular complexity index is 242. The van der Waals surface area contributed by atoms with E-state index in [0.717, 1.165) is 19.4 Å². The van der Waals surface area contributed by atoms with E-state index >= 15 is 0 Å². The molecule has 0 radical (unpaired) electrons. The van der Waals surface area contributed by atoms with Crippen molar-refractivity contribution in [3.8, 4) is 0 Å². The van der Waals surface area contributed by atoms with E-state index in [1.807, 2.05) is 20.8 Å². The molecular weight excluding hydrogens is 220 g/mol. The first-order valence-corrected chi connectivity index (χ1v) is 6.23. The van der Waals surface area contributed by atoms with E-state index in [-0.39, 0.29) is 5.91 Å². The van der Waals surface area contributed by atoms with E-state index in [0.29, 0.717) is 18.9 Å². The second-order valence-electron chi connectivity index (χ2n) is 4.46. The second kappa shape index (κ2) is 8.98. The van der Waals surface area contributed by atoms with Gasteiger partial charge in [-0.05, 0) is 19.4 Å². The van der Waals surface area contributed by atoms with Gasteiger partial charge in [0, 0.05) is 12.5 Å². The highest BCUT2D eigenvalue weighted by Crippen LogP contribution is 1.98. The summed E-state index contributed by atoms with van der Waals surface area (Å²) in [7, 11) is 0. The lowest BCUT2D eigenvalue weighted by molar-refractivity contribution is -0.142. The molecule has 0 aromatic heterocycles. The minimum absolute atomic E-state index is 0.184. The number of aliphatic carboxylic acids is 1. The zero-order chi connectivity index (χ0) is 13.3. The van der Waals surface area contributed by atoms with E-state index in [1.54, 1.807) is 0 Å². The maximum Gasteiger partial charge on any atom is 0.326 e. The highest BCUT2D eigenvalue weighted by Gasteiger charge is 2.18. The van der Waals surface area contributed by atoms with Crippen LogP contribution in [-0.2, 0) is 9.59 Å². The van der Waals surface area contributed by atoms with Gasteiger partial charge in [-0.25, -0.2) is 4.79 Å². The fourth-order valence-electron chi connectivity index (χ4n) is 1.45. The van der Waals surface area contributed by atoms with Crippen molar-refractivity contribution in [3.05, 3.63) is 0 Å². The molecule has 0 aliphatic heterocycles. The highest BCUT2D eigenvalue weighted by atomic mass is 16.4. The largest absolute Gasteiger partial charge is 0.480 e. The summed E-state index contributed by atoms with van der Waals surface area (Å²) in [6, 6.07) is -0.338. The van der Waals surface area contributed by atoms with E-state index in [2.05, 4.69) is 10.6 Å². The lowest BCUT2D eigenvalue weighted by atomic mass is 10.1. The molecule has 100 valence electrons. The predicted octanol–water partition coefficient (Wildman–Crippen LogP) is 1.13. The summed E-state index contributed by atoms with van der Waals surface area (Å²) in [4.78, 5) is 22.3. The SMILES string of the molecule is CCC[C@H](NC(=O)CCCNC(C)C)C(=O)O. The van der Waals surface area contributed by atoms with Gasteiger partial charge >= 0.3 is 5.97 Å². The van der Waals surface area contributed by atoms with Gasteiger partial charge in [0.2, 0.25) is 5.91 Å². The number of carboxylic acids is 1. The predicted molar refractivity (Wildman–Crippen MR) is 66.8 cm³/mol. The van der Waals surface area contributed by atoms with Crippen LogP contribution in [-0.4, -0.2) is 35.6 Å². The molecule has 0 bridgehead atoms. The van der Waals surface area contributed by atoms with Gasteiger partial charge in [-0.1, -0.05) is 27.2 Å². The lowest BCUT2D eigenvalue weighted by Crippen LogP contribution is -2.40. The van der Waals surface area contributed by atoms with Crippen molar-refractivity contribution in [2.75, 3.05) is 6.54 Å². The van der Waals surface area contributed by atoms with E-state index in [4.69, 9.17) is 5.11 Å². The molecule has 0 aliphatic rings. The quantitative estimate of drug-likeness (QED) is 0.531. The Labute approximate surface area is 103 Å². The molecule has 3 N–H and O–H groups in total. The number of hydrogen-bond acceptors (Lipinski definition) is 3. The van der Waals surface area contributed by atoms with Crippen LogP contribution in [0, 0.1) is 0 Å². The van der Waals surface area contributed by atoms with E-state index in [1.165, 1.54) is 0 Å². The number of rotatable bonds is 9. The summed E-state index contributed by atoms with van der Waals surface area (Å²) in [6.45, 7) is 6.76. The van der Waals surface area contributed by atoms with Crippen molar-refractivity contribution < 1.29 is 14.7 Å². The Hall–Kier alpha value is -1.10. The molecule has 0 rings (SSSR count). The van der Waals surface area contributed by atoms with Gasteiger partial charge in [-0.15, -0.1) is 0 Å². The van der Waals surface area contributed by atoms with Crippen molar-refractivity contribution in [2.45, 2.75) is 58.5 Å². The van der Waals surface area contributed by atoms with E-state index < -0.39 is 12.0 Å². The number of carboxylic acid groups (broad SMARTS) is 1. The summed E-state index contributed by atoms with van der Waals surface area (Å²) in [6.07, 6.45) is 2.31. The van der Waals surface area contributed by atoms with Crippen LogP contribution in [0.15, 0.2) is 0 Å². The average Bonchev–Trinajstić information content (AvgIpc) is 2.23. The van der Waals surface area contributed by atoms with Crippen LogP contribution < -0.4 is 10.6 Å². The molecule has 1 atom stereocenters. The van der Waals surface area contributed by atoms with Gasteiger partial charge < -0.3 is 15.7 Å². The molecule has 0 aromatic rings. The third-order valence-corrected chi connectivity index (χ3v) is 2.34. The van der Waals surface area contributed by atoms with Crippen molar-refractivity contribution >= 4 is 11.9 Å². The summed E-state index contributed by atoms with van der Waals surface area (Å²) >= 11 is 0. The molecule has 17 heavy (non-hydrogen) atoms. The molecule has 5 nitrogen and oxygen atoms in total. The van der Waals surface area contributed by atoms with Crippen molar-refractivity contribution in [3.63, 3.8) is 0 Å². The highest BCUT2D eigenvalue weighted by molar-refractivity contribution is 5.83. The molecule has 0 unspecified atom stereocenters. The summed E-state index contributed by atoms with van der Waals surface area (Å²) < 4.78 is 0. The smallest absolute Gasteiger partial charge is 0.326 e. The number of nitrogens with one attached hydrogen (secondary N) is 2. The monoisotopic (exact) mass is 244 g/mol. The van der Waals surface area contributed by atoms with Crippen LogP contribution in [0.1, 0.15) is 46.5 Å². The Morgan fingerprint density at radius 3 is 2.41 bits per heavy atom. The van der Waals surface area contributed by atoms with Crippen molar-refractivity contribution in [2.24, 2.45) is 0 Å². The van der Waals surface area contributed by atoms with Crippen molar-refractivity contribution in [1.82, 2.24) is 10.6 Å². The number of carbonyl (C=O) groups is 2. The molecule has 0 saturated carbocycles. The second-order valence-corrected chi connectivity index (χ2v) is 4.46. The molecule has 0 aromatic carbocycles. The van der Waals surface area contributed by atoms with Crippen LogP contribution in [0.5, 0.6) is 0 Å². The first-order valence-electron chi connectivity index (χ1n) is 6.23. The fraction of sp³-hybridized carbons (Fsp3) is 0.833. The standard InChI is InChI=1S/C12H24N2O3/c1-4-6-10(12(16)17)14-11(15)7-5-8-13-9(2)3/h9-10,13H,4-8H2,1-3H3,(H,14,15)(H,16,17)/t10-/m0/s1. The van der Waals surface area contributed by atoms with Gasteiger partial charge in [0.15, 0.2) is 0 Å². The molecule has 0 heterocycles. The third-order valence-electron chi connectivity index (χ3n) is 2.34. The van der Waals surface area contributed by atoms with Crippen LogP contribution >= 0.6 is 0 Å². The first kappa shape index (κ1) is 15.9. The molecule has 0 spiro atoms. The first-order chi connectivity index (χ1) is 7.97. The van der Waals surface area contributed by atoms with Crippen molar-refractivity contribution in [1.29, 1.82) is 0 Å². The lowest BCUT2D eigenvalue weighted by Gasteiger charge is -2.13. The van der Waals surface area contributed by atoms with Gasteiger partial charge in [-0.3, -0.25) is 4.79 Å². The zero-order valence-corrected chi connectivity index (χ0v) is 11.0. The van der Waals surface area contributed by atoms with Gasteiger partial charge in [0.1, 0.15) is 6.04 Å².